The fraction of sp³-hybridized carbons (Fsp3) is 0.286. The summed E-state index contributed by atoms with van der Waals surface area (Å²) in [5, 5.41) is 18.0. The van der Waals surface area contributed by atoms with E-state index in [9.17, 15) is 4.79 Å². The number of amides is 1. The molecule has 1 amide bonds. The second-order valence-electron chi connectivity index (χ2n) is 4.13. The lowest BCUT2D eigenvalue weighted by Gasteiger charge is -2.05. The van der Waals surface area contributed by atoms with Gasteiger partial charge in [-0.3, -0.25) is 14.9 Å². The molecule has 108 valence electrons. The lowest BCUT2D eigenvalue weighted by molar-refractivity contribution is 0.0953. The van der Waals surface area contributed by atoms with E-state index in [0.29, 0.717) is 36.3 Å². The van der Waals surface area contributed by atoms with Gasteiger partial charge in [-0.2, -0.15) is 5.10 Å². The molecular formula is C14H15N5O2. The standard InChI is InChI=1S/C14H15N5O2/c20-8-2-1-3-11-9-15-6-4-12(11)14(21)16-7-5-13-17-10-18-19-13/h4,6,9-10,20H,2,5,7-8H2,(H,16,21)(H,17,18,19). The summed E-state index contributed by atoms with van der Waals surface area (Å²) >= 11 is 0. The van der Waals surface area contributed by atoms with Gasteiger partial charge >= 0.3 is 0 Å². The molecule has 2 aromatic heterocycles. The van der Waals surface area contributed by atoms with Gasteiger partial charge in [-0.1, -0.05) is 11.8 Å². The third-order valence-corrected chi connectivity index (χ3v) is 2.64. The molecule has 7 heteroatoms. The largest absolute Gasteiger partial charge is 0.395 e. The number of carbonyl (C=O) groups excluding carboxylic acids is 1. The van der Waals surface area contributed by atoms with Crippen molar-refractivity contribution < 1.29 is 9.90 Å². The molecule has 0 aliphatic heterocycles. The Morgan fingerprint density at radius 3 is 3.14 bits per heavy atom. The zero-order valence-corrected chi connectivity index (χ0v) is 11.3. The normalized spacial score (nSPS) is 9.76. The highest BCUT2D eigenvalue weighted by Crippen LogP contribution is 2.05. The first-order valence-corrected chi connectivity index (χ1v) is 6.47. The van der Waals surface area contributed by atoms with Gasteiger partial charge < -0.3 is 10.4 Å². The molecule has 7 nitrogen and oxygen atoms in total. The Hall–Kier alpha value is -2.72. The maximum Gasteiger partial charge on any atom is 0.252 e. The summed E-state index contributed by atoms with van der Waals surface area (Å²) in [6.45, 7) is 0.436. The second kappa shape index (κ2) is 7.77. The zero-order valence-electron chi connectivity index (χ0n) is 11.3. The summed E-state index contributed by atoms with van der Waals surface area (Å²) in [4.78, 5) is 20.1. The molecule has 0 unspecified atom stereocenters. The van der Waals surface area contributed by atoms with Gasteiger partial charge in [-0.15, -0.1) is 0 Å². The van der Waals surface area contributed by atoms with E-state index >= 15 is 0 Å². The van der Waals surface area contributed by atoms with E-state index in [1.54, 1.807) is 12.3 Å². The van der Waals surface area contributed by atoms with Gasteiger partial charge in [0.15, 0.2) is 0 Å². The quantitative estimate of drug-likeness (QED) is 0.666. The van der Waals surface area contributed by atoms with Crippen molar-refractivity contribution in [2.24, 2.45) is 0 Å². The van der Waals surface area contributed by atoms with E-state index in [-0.39, 0.29) is 12.5 Å². The van der Waals surface area contributed by atoms with E-state index < -0.39 is 0 Å². The number of nitrogens with one attached hydrogen (secondary N) is 2. The Bertz CT molecular complexity index is 643. The molecule has 0 aliphatic carbocycles. The number of rotatable bonds is 5. The second-order valence-corrected chi connectivity index (χ2v) is 4.13. The van der Waals surface area contributed by atoms with Crippen LogP contribution in [0.2, 0.25) is 0 Å². The number of H-pyrrole nitrogens is 1. The summed E-state index contributed by atoms with van der Waals surface area (Å²) in [6, 6.07) is 1.62. The minimum absolute atomic E-state index is 0.00796. The fourth-order valence-corrected chi connectivity index (χ4v) is 1.65. The highest BCUT2D eigenvalue weighted by Gasteiger charge is 2.09. The van der Waals surface area contributed by atoms with Gasteiger partial charge in [0.2, 0.25) is 0 Å². The van der Waals surface area contributed by atoms with Crippen molar-refractivity contribution in [2.75, 3.05) is 13.2 Å². The molecule has 2 heterocycles. The molecule has 0 bridgehead atoms. The van der Waals surface area contributed by atoms with E-state index in [2.05, 4.69) is 37.3 Å². The average Bonchev–Trinajstić information content (AvgIpc) is 3.01. The number of aromatic nitrogens is 4. The van der Waals surface area contributed by atoms with Crippen LogP contribution in [0.15, 0.2) is 24.8 Å². The van der Waals surface area contributed by atoms with Gasteiger partial charge in [0.1, 0.15) is 12.2 Å². The maximum absolute atomic E-state index is 12.1. The number of hydrogen-bond acceptors (Lipinski definition) is 5. The third-order valence-electron chi connectivity index (χ3n) is 2.64. The lowest BCUT2D eigenvalue weighted by Crippen LogP contribution is -2.26. The molecular weight excluding hydrogens is 270 g/mol. The van der Waals surface area contributed by atoms with Crippen molar-refractivity contribution in [1.82, 2.24) is 25.5 Å². The first-order chi connectivity index (χ1) is 10.3. The predicted octanol–water partition coefficient (Wildman–Crippen LogP) is -0.0939. The first-order valence-electron chi connectivity index (χ1n) is 6.47. The molecule has 0 fully saturated rings. The van der Waals surface area contributed by atoms with Crippen molar-refractivity contribution in [3.8, 4) is 11.8 Å². The summed E-state index contributed by atoms with van der Waals surface area (Å²) in [7, 11) is 0. The molecule has 2 aromatic rings. The smallest absolute Gasteiger partial charge is 0.252 e. The molecule has 21 heavy (non-hydrogen) atoms. The molecule has 0 radical (unpaired) electrons. The lowest BCUT2D eigenvalue weighted by atomic mass is 10.1. The molecule has 0 atom stereocenters. The van der Waals surface area contributed by atoms with Crippen LogP contribution in [0.3, 0.4) is 0 Å². The van der Waals surface area contributed by atoms with Crippen LogP contribution >= 0.6 is 0 Å². The van der Waals surface area contributed by atoms with Crippen molar-refractivity contribution in [1.29, 1.82) is 0 Å². The van der Waals surface area contributed by atoms with E-state index in [1.807, 2.05) is 0 Å². The fourth-order valence-electron chi connectivity index (χ4n) is 1.65. The van der Waals surface area contributed by atoms with Gasteiger partial charge in [0.25, 0.3) is 5.91 Å². The maximum atomic E-state index is 12.1. The molecule has 2 rings (SSSR count). The summed E-state index contributed by atoms with van der Waals surface area (Å²) < 4.78 is 0. The first kappa shape index (κ1) is 14.7. The highest BCUT2D eigenvalue weighted by molar-refractivity contribution is 5.96. The van der Waals surface area contributed by atoms with Crippen LogP contribution in [0, 0.1) is 11.8 Å². The third kappa shape index (κ3) is 4.40. The van der Waals surface area contributed by atoms with Crippen molar-refractivity contribution >= 4 is 5.91 Å². The van der Waals surface area contributed by atoms with Gasteiger partial charge in [-0.05, 0) is 6.07 Å². The zero-order chi connectivity index (χ0) is 14.9. The van der Waals surface area contributed by atoms with Crippen molar-refractivity contribution in [3.05, 3.63) is 41.7 Å². The molecule has 0 saturated carbocycles. The Kier molecular flexibility index (Phi) is 5.43. The SMILES string of the molecule is O=C(NCCc1ncn[nH]1)c1ccncc1C#CCCO. The van der Waals surface area contributed by atoms with Crippen LogP contribution in [-0.2, 0) is 6.42 Å². The molecule has 3 N–H and O–H groups in total. The van der Waals surface area contributed by atoms with Crippen LogP contribution in [-0.4, -0.2) is 44.3 Å². The summed E-state index contributed by atoms with van der Waals surface area (Å²) in [5.74, 6) is 6.12. The Labute approximate surface area is 121 Å². The topological polar surface area (TPSA) is 104 Å². The predicted molar refractivity (Wildman–Crippen MR) is 75.2 cm³/mol. The van der Waals surface area contributed by atoms with Crippen LogP contribution in [0.25, 0.3) is 0 Å². The molecule has 0 aromatic carbocycles. The van der Waals surface area contributed by atoms with Gasteiger partial charge in [0, 0.05) is 31.8 Å². The van der Waals surface area contributed by atoms with Crippen LogP contribution < -0.4 is 5.32 Å². The number of aliphatic hydroxyl groups is 1. The molecule has 0 spiro atoms. The molecule has 0 aliphatic rings. The number of carbonyl (C=O) groups is 1. The minimum atomic E-state index is -0.217. The number of aliphatic hydroxyl groups excluding tert-OH is 1. The van der Waals surface area contributed by atoms with Gasteiger partial charge in [-0.25, -0.2) is 4.98 Å². The highest BCUT2D eigenvalue weighted by atomic mass is 16.2. The minimum Gasteiger partial charge on any atom is -0.395 e. The van der Waals surface area contributed by atoms with Crippen LogP contribution in [0.4, 0.5) is 0 Å². The van der Waals surface area contributed by atoms with E-state index in [1.165, 1.54) is 12.5 Å². The Balaban J connectivity index is 1.97. The van der Waals surface area contributed by atoms with Crippen LogP contribution in [0.1, 0.15) is 28.2 Å². The van der Waals surface area contributed by atoms with E-state index in [4.69, 9.17) is 5.11 Å². The summed E-state index contributed by atoms with van der Waals surface area (Å²) in [6.07, 6.45) is 5.44. The number of aromatic amines is 1. The average molecular weight is 285 g/mol. The number of pyridine rings is 1. The van der Waals surface area contributed by atoms with E-state index in [0.717, 1.165) is 0 Å². The number of hydrogen-bond donors (Lipinski definition) is 3. The monoisotopic (exact) mass is 285 g/mol. The number of nitrogens with zero attached hydrogens (tertiary/aromatic N) is 3. The summed E-state index contributed by atoms with van der Waals surface area (Å²) in [5.41, 5.74) is 1.01. The molecule has 0 saturated heterocycles. The Morgan fingerprint density at radius 1 is 1.48 bits per heavy atom. The van der Waals surface area contributed by atoms with Crippen LogP contribution in [0.5, 0.6) is 0 Å². The Morgan fingerprint density at radius 2 is 2.38 bits per heavy atom. The van der Waals surface area contributed by atoms with Gasteiger partial charge in [0.05, 0.1) is 17.7 Å². The van der Waals surface area contributed by atoms with Crippen molar-refractivity contribution in [3.63, 3.8) is 0 Å². The van der Waals surface area contributed by atoms with Crippen molar-refractivity contribution in [2.45, 2.75) is 12.8 Å².